The summed E-state index contributed by atoms with van der Waals surface area (Å²) in [7, 11) is 0. The van der Waals surface area contributed by atoms with Crippen LogP contribution >= 0.6 is 0 Å². The maximum Gasteiger partial charge on any atom is 0.224 e. The third-order valence-corrected chi connectivity index (χ3v) is 4.81. The molecule has 0 saturated heterocycles. The predicted octanol–water partition coefficient (Wildman–Crippen LogP) is 3.54. The second-order valence-corrected chi connectivity index (χ2v) is 6.30. The minimum atomic E-state index is 0.121. The lowest BCUT2D eigenvalue weighted by molar-refractivity contribution is -0.116. The quantitative estimate of drug-likeness (QED) is 0.880. The van der Waals surface area contributed by atoms with E-state index in [1.54, 1.807) is 0 Å². The third kappa shape index (κ3) is 3.04. The van der Waals surface area contributed by atoms with E-state index in [1.165, 1.54) is 43.2 Å². The van der Waals surface area contributed by atoms with Gasteiger partial charge in [0.25, 0.3) is 0 Å². The molecule has 20 heavy (non-hydrogen) atoms. The number of hydrogen-bond donors (Lipinski definition) is 2. The highest BCUT2D eigenvalue weighted by atomic mass is 16.1. The predicted molar refractivity (Wildman–Crippen MR) is 81.5 cm³/mol. The first-order valence-corrected chi connectivity index (χ1v) is 7.90. The summed E-state index contributed by atoms with van der Waals surface area (Å²) < 4.78 is 0. The molecule has 3 rings (SSSR count). The summed E-state index contributed by atoms with van der Waals surface area (Å²) >= 11 is 0. The molecular weight excluding hydrogens is 248 g/mol. The lowest BCUT2D eigenvalue weighted by Crippen LogP contribution is -2.20. The summed E-state index contributed by atoms with van der Waals surface area (Å²) in [6.45, 7) is 0. The van der Waals surface area contributed by atoms with Gasteiger partial charge in [-0.1, -0.05) is 37.8 Å². The highest BCUT2D eigenvalue weighted by Crippen LogP contribution is 2.32. The van der Waals surface area contributed by atoms with Crippen LogP contribution in [0.2, 0.25) is 0 Å². The Balaban J connectivity index is 1.62. The highest BCUT2D eigenvalue weighted by molar-refractivity contribution is 5.93. The molecular formula is C17H24N2O. The lowest BCUT2D eigenvalue weighted by Gasteiger charge is -2.20. The molecule has 2 aliphatic rings. The van der Waals surface area contributed by atoms with Crippen molar-refractivity contribution in [2.24, 2.45) is 11.7 Å². The molecule has 108 valence electrons. The first-order chi connectivity index (χ1) is 9.72. The summed E-state index contributed by atoms with van der Waals surface area (Å²) in [5.41, 5.74) is 9.77. The molecule has 0 radical (unpaired) electrons. The number of anilines is 1. The summed E-state index contributed by atoms with van der Waals surface area (Å²) in [5.74, 6) is 1.02. The topological polar surface area (TPSA) is 55.1 Å². The second-order valence-electron chi connectivity index (χ2n) is 6.30. The Kier molecular flexibility index (Phi) is 4.06. The fourth-order valence-electron chi connectivity index (χ4n) is 3.51. The van der Waals surface area contributed by atoms with Crippen molar-refractivity contribution in [1.82, 2.24) is 0 Å². The van der Waals surface area contributed by atoms with Crippen LogP contribution in [0.15, 0.2) is 18.2 Å². The van der Waals surface area contributed by atoms with Gasteiger partial charge in [0.05, 0.1) is 0 Å². The van der Waals surface area contributed by atoms with Crippen LogP contribution in [0.1, 0.15) is 62.1 Å². The zero-order chi connectivity index (χ0) is 13.9. The normalized spacial score (nSPS) is 20.6. The number of carbonyl (C=O) groups excluding carboxylic acids is 1. The zero-order valence-electron chi connectivity index (χ0n) is 12.0. The van der Waals surface area contributed by atoms with Gasteiger partial charge in [0.15, 0.2) is 0 Å². The van der Waals surface area contributed by atoms with Crippen LogP contribution in [0, 0.1) is 5.92 Å². The standard InChI is InChI=1S/C17H24N2O/c18-15(8-5-12-3-1-2-4-12)13-6-9-16-14(11-13)7-10-17(20)19-16/h6,9,11-12,15H,1-5,7-8,10,18H2,(H,19,20). The first kappa shape index (κ1) is 13.6. The van der Waals surface area contributed by atoms with Crippen LogP contribution in [0.4, 0.5) is 5.69 Å². The van der Waals surface area contributed by atoms with Gasteiger partial charge in [-0.25, -0.2) is 0 Å². The van der Waals surface area contributed by atoms with Gasteiger partial charge in [-0.2, -0.15) is 0 Å². The number of carbonyl (C=O) groups is 1. The van der Waals surface area contributed by atoms with E-state index in [4.69, 9.17) is 5.73 Å². The van der Waals surface area contributed by atoms with E-state index >= 15 is 0 Å². The number of hydrogen-bond acceptors (Lipinski definition) is 2. The molecule has 1 aliphatic heterocycles. The molecule has 3 nitrogen and oxygen atoms in total. The maximum atomic E-state index is 11.4. The first-order valence-electron chi connectivity index (χ1n) is 7.90. The van der Waals surface area contributed by atoms with Crippen LogP contribution in [0.3, 0.4) is 0 Å². The number of fused-ring (bicyclic) bond motifs is 1. The number of aryl methyl sites for hydroxylation is 1. The number of nitrogens with one attached hydrogen (secondary N) is 1. The Labute approximate surface area is 120 Å². The Morgan fingerprint density at radius 3 is 2.85 bits per heavy atom. The van der Waals surface area contributed by atoms with E-state index in [0.717, 1.165) is 24.4 Å². The van der Waals surface area contributed by atoms with Crippen LogP contribution in [-0.2, 0) is 11.2 Å². The van der Waals surface area contributed by atoms with Crippen LogP contribution in [0.5, 0.6) is 0 Å². The summed E-state index contributed by atoms with van der Waals surface area (Å²) in [4.78, 5) is 11.4. The molecule has 1 amide bonds. The zero-order valence-corrected chi connectivity index (χ0v) is 12.0. The van der Waals surface area contributed by atoms with E-state index in [1.807, 2.05) is 6.07 Å². The molecule has 1 heterocycles. The van der Waals surface area contributed by atoms with E-state index in [2.05, 4.69) is 17.4 Å². The van der Waals surface area contributed by atoms with Gasteiger partial charge in [-0.3, -0.25) is 4.79 Å². The smallest absolute Gasteiger partial charge is 0.224 e. The number of rotatable bonds is 4. The van der Waals surface area contributed by atoms with Gasteiger partial charge in [-0.15, -0.1) is 0 Å². The van der Waals surface area contributed by atoms with Crippen molar-refractivity contribution in [2.45, 2.75) is 57.4 Å². The molecule has 3 N–H and O–H groups in total. The number of amides is 1. The second kappa shape index (κ2) is 5.96. The van der Waals surface area contributed by atoms with Crippen molar-refractivity contribution in [2.75, 3.05) is 5.32 Å². The van der Waals surface area contributed by atoms with Gasteiger partial charge >= 0.3 is 0 Å². The Hall–Kier alpha value is -1.35. The highest BCUT2D eigenvalue weighted by Gasteiger charge is 2.19. The lowest BCUT2D eigenvalue weighted by atomic mass is 9.92. The Morgan fingerprint density at radius 1 is 1.25 bits per heavy atom. The molecule has 1 atom stereocenters. The third-order valence-electron chi connectivity index (χ3n) is 4.81. The van der Waals surface area contributed by atoms with E-state index < -0.39 is 0 Å². The van der Waals surface area contributed by atoms with Crippen molar-refractivity contribution in [1.29, 1.82) is 0 Å². The average Bonchev–Trinajstić information content (AvgIpc) is 2.97. The molecule has 1 aromatic rings. The van der Waals surface area contributed by atoms with E-state index in [0.29, 0.717) is 6.42 Å². The van der Waals surface area contributed by atoms with E-state index in [-0.39, 0.29) is 11.9 Å². The molecule has 1 saturated carbocycles. The van der Waals surface area contributed by atoms with E-state index in [9.17, 15) is 4.79 Å². The van der Waals surface area contributed by atoms with Crippen molar-refractivity contribution in [3.05, 3.63) is 29.3 Å². The van der Waals surface area contributed by atoms with Gasteiger partial charge in [-0.05, 0) is 42.4 Å². The summed E-state index contributed by atoms with van der Waals surface area (Å²) in [5, 5.41) is 2.92. The number of nitrogens with two attached hydrogens (primary N) is 1. The van der Waals surface area contributed by atoms with Gasteiger partial charge < -0.3 is 11.1 Å². The fourth-order valence-corrected chi connectivity index (χ4v) is 3.51. The molecule has 1 fully saturated rings. The van der Waals surface area contributed by atoms with Crippen LogP contribution < -0.4 is 11.1 Å². The van der Waals surface area contributed by atoms with Gasteiger partial charge in [0.2, 0.25) is 5.91 Å². The molecule has 0 bridgehead atoms. The van der Waals surface area contributed by atoms with Crippen molar-refractivity contribution in [3.8, 4) is 0 Å². The SMILES string of the molecule is NC(CCC1CCCC1)c1ccc2c(c1)CCC(=O)N2. The monoisotopic (exact) mass is 272 g/mol. The largest absolute Gasteiger partial charge is 0.326 e. The molecule has 0 aromatic heterocycles. The molecule has 1 unspecified atom stereocenters. The number of benzene rings is 1. The minimum Gasteiger partial charge on any atom is -0.326 e. The molecule has 1 aromatic carbocycles. The Bertz CT molecular complexity index is 492. The van der Waals surface area contributed by atoms with Crippen molar-refractivity contribution >= 4 is 11.6 Å². The van der Waals surface area contributed by atoms with Crippen LogP contribution in [-0.4, -0.2) is 5.91 Å². The fraction of sp³-hybridized carbons (Fsp3) is 0.588. The van der Waals surface area contributed by atoms with Crippen molar-refractivity contribution in [3.63, 3.8) is 0 Å². The van der Waals surface area contributed by atoms with Gasteiger partial charge in [0.1, 0.15) is 0 Å². The van der Waals surface area contributed by atoms with Gasteiger partial charge in [0, 0.05) is 18.2 Å². The molecule has 1 aliphatic carbocycles. The molecule has 3 heteroatoms. The minimum absolute atomic E-state index is 0.121. The maximum absolute atomic E-state index is 11.4. The van der Waals surface area contributed by atoms with Crippen LogP contribution in [0.25, 0.3) is 0 Å². The summed E-state index contributed by atoms with van der Waals surface area (Å²) in [6.07, 6.45) is 9.35. The average molecular weight is 272 g/mol. The molecule has 0 spiro atoms. The Morgan fingerprint density at radius 2 is 2.05 bits per heavy atom. The van der Waals surface area contributed by atoms with Crippen molar-refractivity contribution < 1.29 is 4.79 Å². The summed E-state index contributed by atoms with van der Waals surface area (Å²) in [6, 6.07) is 6.41.